The van der Waals surface area contributed by atoms with Crippen molar-refractivity contribution in [3.8, 4) is 5.75 Å². The summed E-state index contributed by atoms with van der Waals surface area (Å²) in [5, 5.41) is 15.3. The van der Waals surface area contributed by atoms with Gasteiger partial charge in [0.15, 0.2) is 11.6 Å². The van der Waals surface area contributed by atoms with Crippen LogP contribution >= 0.6 is 0 Å². The number of rotatable bonds is 5. The first-order valence-corrected chi connectivity index (χ1v) is 7.39. The molecule has 0 aliphatic rings. The van der Waals surface area contributed by atoms with Crippen molar-refractivity contribution in [1.82, 2.24) is 9.97 Å². The minimum absolute atomic E-state index is 0.0888. The van der Waals surface area contributed by atoms with Crippen molar-refractivity contribution in [3.05, 3.63) is 59.4 Å². The third-order valence-electron chi connectivity index (χ3n) is 3.44. The first kappa shape index (κ1) is 15.8. The lowest BCUT2D eigenvalue weighted by molar-refractivity contribution is 0.475. The molecule has 0 spiro atoms. The number of nitrogens with one attached hydrogen (secondary N) is 2. The molecule has 2 aromatic heterocycles. The maximum absolute atomic E-state index is 13.9. The average Bonchev–Trinajstić information content (AvgIpc) is 2.85. The summed E-state index contributed by atoms with van der Waals surface area (Å²) in [5.74, 6) is 1.47. The second kappa shape index (κ2) is 6.57. The fourth-order valence-corrected chi connectivity index (χ4v) is 2.30. The summed E-state index contributed by atoms with van der Waals surface area (Å²) >= 11 is 0. The molecule has 0 saturated carbocycles. The summed E-state index contributed by atoms with van der Waals surface area (Å²) in [6.45, 7) is 4.11. The van der Waals surface area contributed by atoms with Crippen LogP contribution in [0, 0.1) is 19.7 Å². The van der Waals surface area contributed by atoms with E-state index in [1.54, 1.807) is 18.2 Å². The summed E-state index contributed by atoms with van der Waals surface area (Å²) in [6.07, 6.45) is 1.09. The Bertz CT molecular complexity index is 864. The van der Waals surface area contributed by atoms with Crippen LogP contribution in [0.2, 0.25) is 0 Å². The van der Waals surface area contributed by atoms with E-state index in [1.165, 1.54) is 6.07 Å². The number of phenolic OH excluding ortho intramolecular Hbond substituents is 1. The lowest BCUT2D eigenvalue weighted by atomic mass is 10.2. The third-order valence-corrected chi connectivity index (χ3v) is 3.44. The molecule has 0 fully saturated rings. The molecule has 24 heavy (non-hydrogen) atoms. The smallest absolute Gasteiger partial charge is 0.229 e. The number of benzene rings is 1. The minimum atomic E-state index is -0.547. The van der Waals surface area contributed by atoms with Gasteiger partial charge in [-0.1, -0.05) is 6.07 Å². The van der Waals surface area contributed by atoms with Gasteiger partial charge in [-0.3, -0.25) is 0 Å². The van der Waals surface area contributed by atoms with Crippen LogP contribution in [0.4, 0.5) is 21.8 Å². The van der Waals surface area contributed by atoms with Gasteiger partial charge < -0.3 is 20.2 Å². The Morgan fingerprint density at radius 2 is 2.08 bits per heavy atom. The number of hydrogen-bond acceptors (Lipinski definition) is 6. The fourth-order valence-electron chi connectivity index (χ4n) is 2.30. The van der Waals surface area contributed by atoms with E-state index >= 15 is 0 Å². The van der Waals surface area contributed by atoms with E-state index in [0.717, 1.165) is 23.3 Å². The lowest BCUT2D eigenvalue weighted by Crippen LogP contribution is -2.07. The number of anilines is 3. The Kier molecular flexibility index (Phi) is 4.33. The molecule has 2 heterocycles. The second-order valence-corrected chi connectivity index (χ2v) is 5.36. The predicted molar refractivity (Wildman–Crippen MR) is 88.9 cm³/mol. The first-order chi connectivity index (χ1) is 11.5. The Morgan fingerprint density at radius 1 is 1.25 bits per heavy atom. The molecular formula is C17H17FN4O2. The quantitative estimate of drug-likeness (QED) is 0.659. The Hall–Kier alpha value is -3.09. The molecule has 0 bridgehead atoms. The van der Waals surface area contributed by atoms with Gasteiger partial charge in [-0.2, -0.15) is 4.98 Å². The zero-order valence-corrected chi connectivity index (χ0v) is 13.3. The van der Waals surface area contributed by atoms with E-state index in [0.29, 0.717) is 12.2 Å². The van der Waals surface area contributed by atoms with Gasteiger partial charge in [0.1, 0.15) is 17.3 Å². The summed E-state index contributed by atoms with van der Waals surface area (Å²) in [5.41, 5.74) is 1.54. The predicted octanol–water partition coefficient (Wildman–Crippen LogP) is 3.89. The molecule has 6 nitrogen and oxygen atoms in total. The Labute approximate surface area is 138 Å². The van der Waals surface area contributed by atoms with Crippen molar-refractivity contribution in [3.63, 3.8) is 0 Å². The molecule has 124 valence electrons. The van der Waals surface area contributed by atoms with Gasteiger partial charge in [0, 0.05) is 23.9 Å². The summed E-state index contributed by atoms with van der Waals surface area (Å²) in [6, 6.07) is 8.41. The van der Waals surface area contributed by atoms with Crippen LogP contribution in [0.5, 0.6) is 5.75 Å². The van der Waals surface area contributed by atoms with Crippen LogP contribution in [-0.4, -0.2) is 15.1 Å². The molecule has 7 heteroatoms. The van der Waals surface area contributed by atoms with E-state index in [2.05, 4.69) is 20.6 Å². The van der Waals surface area contributed by atoms with Crippen molar-refractivity contribution < 1.29 is 13.9 Å². The van der Waals surface area contributed by atoms with Gasteiger partial charge in [0.25, 0.3) is 0 Å². The number of nitrogens with zero attached hydrogens (tertiary/aromatic N) is 2. The van der Waals surface area contributed by atoms with Gasteiger partial charge in [-0.15, -0.1) is 0 Å². The van der Waals surface area contributed by atoms with E-state index in [-0.39, 0.29) is 17.5 Å². The highest BCUT2D eigenvalue weighted by molar-refractivity contribution is 5.56. The maximum atomic E-state index is 13.9. The number of hydrogen-bond donors (Lipinski definition) is 3. The highest BCUT2D eigenvalue weighted by Gasteiger charge is 2.10. The molecule has 3 rings (SSSR count). The van der Waals surface area contributed by atoms with Crippen LogP contribution in [0.25, 0.3) is 0 Å². The van der Waals surface area contributed by atoms with Crippen molar-refractivity contribution >= 4 is 17.5 Å². The van der Waals surface area contributed by atoms with Crippen LogP contribution in [0.15, 0.2) is 40.9 Å². The molecule has 1 aromatic carbocycles. The van der Waals surface area contributed by atoms with Crippen molar-refractivity contribution in [2.24, 2.45) is 0 Å². The SMILES string of the molecule is Cc1cc(CNc2nc(Nc3cccc(O)c3)ncc2F)c(C)o1. The van der Waals surface area contributed by atoms with Crippen molar-refractivity contribution in [1.29, 1.82) is 0 Å². The molecule has 0 unspecified atom stereocenters. The molecule has 0 saturated heterocycles. The fraction of sp³-hybridized carbons (Fsp3) is 0.176. The molecule has 0 amide bonds. The van der Waals surface area contributed by atoms with E-state index in [4.69, 9.17) is 4.42 Å². The number of aromatic hydroxyl groups is 1. The van der Waals surface area contributed by atoms with E-state index < -0.39 is 5.82 Å². The summed E-state index contributed by atoms with van der Waals surface area (Å²) < 4.78 is 19.3. The monoisotopic (exact) mass is 328 g/mol. The zero-order chi connectivity index (χ0) is 17.1. The summed E-state index contributed by atoms with van der Waals surface area (Å²) in [7, 11) is 0. The first-order valence-electron chi connectivity index (χ1n) is 7.39. The summed E-state index contributed by atoms with van der Waals surface area (Å²) in [4.78, 5) is 8.03. The third kappa shape index (κ3) is 3.62. The van der Waals surface area contributed by atoms with Crippen LogP contribution in [-0.2, 0) is 6.54 Å². The van der Waals surface area contributed by atoms with E-state index in [9.17, 15) is 9.50 Å². The normalized spacial score (nSPS) is 10.6. The highest BCUT2D eigenvalue weighted by Crippen LogP contribution is 2.21. The van der Waals surface area contributed by atoms with Gasteiger partial charge in [0.2, 0.25) is 5.95 Å². The molecule has 3 N–H and O–H groups in total. The number of aryl methyl sites for hydroxylation is 2. The standard InChI is InChI=1S/C17H17FN4O2/c1-10-6-12(11(2)24-10)8-19-16-15(18)9-20-17(22-16)21-13-4-3-5-14(23)7-13/h3-7,9,23H,8H2,1-2H3,(H2,19,20,21,22). The van der Waals surface area contributed by atoms with Gasteiger partial charge in [0.05, 0.1) is 6.20 Å². The molecular weight excluding hydrogens is 311 g/mol. The number of phenols is 1. The van der Waals surface area contributed by atoms with Crippen LogP contribution in [0.1, 0.15) is 17.1 Å². The average molecular weight is 328 g/mol. The number of halogens is 1. The molecule has 0 aliphatic heterocycles. The molecule has 0 radical (unpaired) electrons. The minimum Gasteiger partial charge on any atom is -0.508 e. The van der Waals surface area contributed by atoms with Crippen LogP contribution < -0.4 is 10.6 Å². The number of aromatic nitrogens is 2. The van der Waals surface area contributed by atoms with Gasteiger partial charge in [-0.05, 0) is 32.0 Å². The largest absolute Gasteiger partial charge is 0.508 e. The van der Waals surface area contributed by atoms with Gasteiger partial charge in [-0.25, -0.2) is 9.37 Å². The van der Waals surface area contributed by atoms with Crippen LogP contribution in [0.3, 0.4) is 0 Å². The lowest BCUT2D eigenvalue weighted by Gasteiger charge is -2.09. The van der Waals surface area contributed by atoms with Crippen molar-refractivity contribution in [2.75, 3.05) is 10.6 Å². The number of furan rings is 1. The highest BCUT2D eigenvalue weighted by atomic mass is 19.1. The maximum Gasteiger partial charge on any atom is 0.229 e. The Balaban J connectivity index is 1.75. The molecule has 0 aliphatic carbocycles. The Morgan fingerprint density at radius 3 is 2.79 bits per heavy atom. The second-order valence-electron chi connectivity index (χ2n) is 5.36. The molecule has 3 aromatic rings. The topological polar surface area (TPSA) is 83.2 Å². The molecule has 0 atom stereocenters. The van der Waals surface area contributed by atoms with Crippen molar-refractivity contribution in [2.45, 2.75) is 20.4 Å². The van der Waals surface area contributed by atoms with E-state index in [1.807, 2.05) is 19.9 Å². The zero-order valence-electron chi connectivity index (χ0n) is 13.3. The van der Waals surface area contributed by atoms with Gasteiger partial charge >= 0.3 is 0 Å².